The van der Waals surface area contributed by atoms with Crippen molar-refractivity contribution in [1.82, 2.24) is 4.90 Å². The molecule has 0 aliphatic heterocycles. The summed E-state index contributed by atoms with van der Waals surface area (Å²) in [6.45, 7) is 9.42. The van der Waals surface area contributed by atoms with Crippen LogP contribution in [0.5, 0.6) is 0 Å². The zero-order chi connectivity index (χ0) is 13.9. The van der Waals surface area contributed by atoms with E-state index in [9.17, 15) is 4.79 Å². The van der Waals surface area contributed by atoms with E-state index in [-0.39, 0.29) is 17.4 Å². The molecule has 1 aliphatic rings. The fraction of sp³-hybridized carbons (Fsp3) is 0.933. The summed E-state index contributed by atoms with van der Waals surface area (Å²) in [4.78, 5) is 14.5. The Kier molecular flexibility index (Phi) is 5.20. The van der Waals surface area contributed by atoms with Crippen LogP contribution < -0.4 is 5.73 Å². The van der Waals surface area contributed by atoms with Crippen molar-refractivity contribution in [1.29, 1.82) is 0 Å². The molecule has 0 radical (unpaired) electrons. The van der Waals surface area contributed by atoms with Gasteiger partial charge in [-0.05, 0) is 44.1 Å². The first-order valence-electron chi connectivity index (χ1n) is 7.24. The Balaban J connectivity index is 2.63. The zero-order valence-corrected chi connectivity index (χ0v) is 12.7. The lowest BCUT2D eigenvalue weighted by molar-refractivity contribution is -0.139. The van der Waals surface area contributed by atoms with Crippen LogP contribution in [0.2, 0.25) is 0 Å². The topological polar surface area (TPSA) is 46.3 Å². The molecule has 0 heterocycles. The van der Waals surface area contributed by atoms with E-state index in [4.69, 9.17) is 5.73 Å². The zero-order valence-electron chi connectivity index (χ0n) is 12.7. The van der Waals surface area contributed by atoms with Crippen LogP contribution in [0.1, 0.15) is 53.4 Å². The lowest BCUT2D eigenvalue weighted by Gasteiger charge is -2.38. The van der Waals surface area contributed by atoms with Crippen LogP contribution in [0.4, 0.5) is 0 Å². The fourth-order valence-corrected chi connectivity index (χ4v) is 2.79. The average molecular weight is 254 g/mol. The van der Waals surface area contributed by atoms with E-state index >= 15 is 0 Å². The Morgan fingerprint density at radius 1 is 1.39 bits per heavy atom. The summed E-state index contributed by atoms with van der Waals surface area (Å²) < 4.78 is 0. The minimum absolute atomic E-state index is 0.131. The van der Waals surface area contributed by atoms with Crippen molar-refractivity contribution in [2.45, 2.75) is 59.4 Å². The maximum absolute atomic E-state index is 12.5. The molecule has 3 unspecified atom stereocenters. The largest absolute Gasteiger partial charge is 0.342 e. The second-order valence-electron chi connectivity index (χ2n) is 6.96. The van der Waals surface area contributed by atoms with Crippen molar-refractivity contribution >= 4 is 5.91 Å². The summed E-state index contributed by atoms with van der Waals surface area (Å²) in [7, 11) is 1.95. The van der Waals surface area contributed by atoms with E-state index < -0.39 is 0 Å². The van der Waals surface area contributed by atoms with Gasteiger partial charge in [0.1, 0.15) is 0 Å². The molecule has 0 spiro atoms. The minimum atomic E-state index is 0.131. The predicted molar refractivity (Wildman–Crippen MR) is 76.2 cm³/mol. The summed E-state index contributed by atoms with van der Waals surface area (Å²) >= 11 is 0. The molecule has 1 saturated carbocycles. The molecule has 3 heteroatoms. The number of nitrogens with two attached hydrogens (primary N) is 1. The van der Waals surface area contributed by atoms with Gasteiger partial charge in [0.05, 0.1) is 0 Å². The van der Waals surface area contributed by atoms with E-state index in [0.717, 1.165) is 25.8 Å². The number of carbonyl (C=O) groups is 1. The molecular formula is C15H30N2O. The average Bonchev–Trinajstić information content (AvgIpc) is 2.35. The lowest BCUT2D eigenvalue weighted by atomic mass is 9.80. The summed E-state index contributed by atoms with van der Waals surface area (Å²) in [5, 5.41) is 0. The Labute approximate surface area is 112 Å². The van der Waals surface area contributed by atoms with E-state index in [1.165, 1.54) is 6.42 Å². The van der Waals surface area contributed by atoms with Crippen LogP contribution in [0.25, 0.3) is 0 Å². The molecule has 3 nitrogen and oxygen atoms in total. The van der Waals surface area contributed by atoms with Gasteiger partial charge in [-0.25, -0.2) is 0 Å². The van der Waals surface area contributed by atoms with Crippen molar-refractivity contribution in [2.75, 3.05) is 13.6 Å². The molecule has 1 aliphatic carbocycles. The first-order valence-corrected chi connectivity index (χ1v) is 7.24. The molecular weight excluding hydrogens is 224 g/mol. The Bertz CT molecular complexity index is 283. The van der Waals surface area contributed by atoms with Crippen LogP contribution in [0.15, 0.2) is 0 Å². The molecule has 106 valence electrons. The van der Waals surface area contributed by atoms with E-state index in [0.29, 0.717) is 11.8 Å². The normalized spacial score (nSPS) is 26.8. The van der Waals surface area contributed by atoms with Gasteiger partial charge >= 0.3 is 0 Å². The number of hydrogen-bond donors (Lipinski definition) is 1. The molecule has 2 N–H and O–H groups in total. The van der Waals surface area contributed by atoms with E-state index in [1.807, 2.05) is 11.9 Å². The van der Waals surface area contributed by atoms with Crippen LogP contribution in [-0.2, 0) is 4.79 Å². The fourth-order valence-electron chi connectivity index (χ4n) is 2.79. The predicted octanol–water partition coefficient (Wildman–Crippen LogP) is 2.64. The van der Waals surface area contributed by atoms with Gasteiger partial charge in [0.2, 0.25) is 5.91 Å². The highest BCUT2D eigenvalue weighted by molar-refractivity contribution is 5.79. The third kappa shape index (κ3) is 3.71. The summed E-state index contributed by atoms with van der Waals surface area (Å²) in [6, 6.07) is 0.267. The first-order chi connectivity index (χ1) is 8.27. The SMILES string of the molecule is CC(N(C)C(=O)C1CCCC(CN)C1)C(C)(C)C. The highest BCUT2D eigenvalue weighted by Gasteiger charge is 2.33. The maximum atomic E-state index is 12.5. The van der Waals surface area contributed by atoms with Crippen LogP contribution in [0, 0.1) is 17.3 Å². The van der Waals surface area contributed by atoms with Gasteiger partial charge in [0.15, 0.2) is 0 Å². The van der Waals surface area contributed by atoms with Gasteiger partial charge in [-0.3, -0.25) is 4.79 Å². The Morgan fingerprint density at radius 3 is 2.50 bits per heavy atom. The van der Waals surface area contributed by atoms with Crippen molar-refractivity contribution in [2.24, 2.45) is 23.0 Å². The van der Waals surface area contributed by atoms with Gasteiger partial charge in [-0.2, -0.15) is 0 Å². The second-order valence-corrected chi connectivity index (χ2v) is 6.96. The Morgan fingerprint density at radius 2 is 2.00 bits per heavy atom. The van der Waals surface area contributed by atoms with Crippen LogP contribution >= 0.6 is 0 Å². The number of amides is 1. The molecule has 3 atom stereocenters. The molecule has 1 amide bonds. The van der Waals surface area contributed by atoms with E-state index in [2.05, 4.69) is 27.7 Å². The summed E-state index contributed by atoms with van der Waals surface area (Å²) in [5.74, 6) is 1.06. The lowest BCUT2D eigenvalue weighted by Crippen LogP contribution is -2.46. The van der Waals surface area contributed by atoms with Crippen LogP contribution in [-0.4, -0.2) is 30.4 Å². The van der Waals surface area contributed by atoms with Crippen LogP contribution in [0.3, 0.4) is 0 Å². The molecule has 0 bridgehead atoms. The van der Waals surface area contributed by atoms with E-state index in [1.54, 1.807) is 0 Å². The highest BCUT2D eigenvalue weighted by Crippen LogP contribution is 2.31. The highest BCUT2D eigenvalue weighted by atomic mass is 16.2. The number of hydrogen-bond acceptors (Lipinski definition) is 2. The third-order valence-electron chi connectivity index (χ3n) is 4.65. The Hall–Kier alpha value is -0.570. The van der Waals surface area contributed by atoms with Crippen molar-refractivity contribution in [3.63, 3.8) is 0 Å². The quantitative estimate of drug-likeness (QED) is 0.841. The summed E-state index contributed by atoms with van der Waals surface area (Å²) in [6.07, 6.45) is 4.36. The van der Waals surface area contributed by atoms with Crippen molar-refractivity contribution in [3.8, 4) is 0 Å². The van der Waals surface area contributed by atoms with Crippen molar-refractivity contribution < 1.29 is 4.79 Å². The summed E-state index contributed by atoms with van der Waals surface area (Å²) in [5.41, 5.74) is 5.88. The molecule has 0 aromatic rings. The molecule has 18 heavy (non-hydrogen) atoms. The van der Waals surface area contributed by atoms with Gasteiger partial charge in [0.25, 0.3) is 0 Å². The maximum Gasteiger partial charge on any atom is 0.225 e. The molecule has 1 fully saturated rings. The second kappa shape index (κ2) is 6.05. The van der Waals surface area contributed by atoms with Crippen molar-refractivity contribution in [3.05, 3.63) is 0 Å². The standard InChI is InChI=1S/C15H30N2O/c1-11(15(2,3)4)17(5)14(18)13-8-6-7-12(9-13)10-16/h11-13H,6-10,16H2,1-5H3. The molecule has 0 saturated heterocycles. The number of rotatable bonds is 3. The third-order valence-corrected chi connectivity index (χ3v) is 4.65. The number of nitrogens with zero attached hydrogens (tertiary/aromatic N) is 1. The molecule has 0 aromatic carbocycles. The van der Waals surface area contributed by atoms with Gasteiger partial charge < -0.3 is 10.6 Å². The monoisotopic (exact) mass is 254 g/mol. The molecule has 1 rings (SSSR count). The molecule has 0 aromatic heterocycles. The van der Waals surface area contributed by atoms with Gasteiger partial charge in [-0.15, -0.1) is 0 Å². The van der Waals surface area contributed by atoms with Gasteiger partial charge in [0, 0.05) is 19.0 Å². The smallest absolute Gasteiger partial charge is 0.225 e. The first kappa shape index (κ1) is 15.5. The number of carbonyl (C=O) groups excluding carboxylic acids is 1. The minimum Gasteiger partial charge on any atom is -0.342 e. The van der Waals surface area contributed by atoms with Gasteiger partial charge in [-0.1, -0.05) is 27.2 Å².